The lowest BCUT2D eigenvalue weighted by Gasteiger charge is -2.09. The number of hydrogen-bond acceptors (Lipinski definition) is 4. The third kappa shape index (κ3) is 4.56. The Morgan fingerprint density at radius 2 is 1.73 bits per heavy atom. The fourth-order valence-electron chi connectivity index (χ4n) is 3.71. The van der Waals surface area contributed by atoms with Crippen LogP contribution in [0, 0.1) is 5.82 Å². The van der Waals surface area contributed by atoms with E-state index in [-0.39, 0.29) is 11.7 Å². The van der Waals surface area contributed by atoms with Crippen molar-refractivity contribution in [3.8, 4) is 0 Å². The van der Waals surface area contributed by atoms with Crippen molar-refractivity contribution >= 4 is 29.1 Å². The van der Waals surface area contributed by atoms with Gasteiger partial charge in [0.25, 0.3) is 5.91 Å². The van der Waals surface area contributed by atoms with Gasteiger partial charge in [-0.05, 0) is 54.4 Å². The Labute approximate surface area is 195 Å². The maximum atomic E-state index is 14.7. The van der Waals surface area contributed by atoms with Crippen molar-refractivity contribution in [2.75, 3.05) is 6.54 Å². The van der Waals surface area contributed by atoms with Crippen molar-refractivity contribution in [2.24, 2.45) is 4.99 Å². The van der Waals surface area contributed by atoms with E-state index in [1.165, 1.54) is 6.07 Å². The molecular weight excluding hydrogens is 433 g/mol. The van der Waals surface area contributed by atoms with Gasteiger partial charge in [-0.25, -0.2) is 9.38 Å². The summed E-state index contributed by atoms with van der Waals surface area (Å²) < 4.78 is 14.7. The number of fused-ring (bicyclic) bond motifs is 2. The van der Waals surface area contributed by atoms with E-state index in [0.29, 0.717) is 35.5 Å². The molecule has 4 aromatic rings. The summed E-state index contributed by atoms with van der Waals surface area (Å²) in [4.78, 5) is 23.6. The predicted octanol–water partition coefficient (Wildman–Crippen LogP) is 5.83. The summed E-state index contributed by atoms with van der Waals surface area (Å²) in [5.41, 5.74) is 4.09. The smallest absolute Gasteiger partial charge is 0.251 e. The average Bonchev–Trinajstić information content (AvgIpc) is 3.01. The number of amides is 1. The van der Waals surface area contributed by atoms with Crippen molar-refractivity contribution in [3.63, 3.8) is 0 Å². The highest BCUT2D eigenvalue weighted by atomic mass is 32.2. The first kappa shape index (κ1) is 21.1. The first-order valence-corrected chi connectivity index (χ1v) is 11.4. The van der Waals surface area contributed by atoms with Gasteiger partial charge in [0.1, 0.15) is 5.82 Å². The summed E-state index contributed by atoms with van der Waals surface area (Å²) in [6.07, 6.45) is 4.22. The van der Waals surface area contributed by atoms with Gasteiger partial charge in [0.2, 0.25) is 0 Å². The standard InChI is InChI=1S/C27H20FN3OS/c28-22-9-3-1-7-20(22)26-21-8-2-4-10-24(21)33-25-12-11-19(16-23(25)31-26)27(32)30-15-13-18-6-5-14-29-17-18/h1-12,14,16-17H,13,15H2,(H,30,32). The van der Waals surface area contributed by atoms with Gasteiger partial charge >= 0.3 is 0 Å². The lowest BCUT2D eigenvalue weighted by Crippen LogP contribution is -2.25. The highest BCUT2D eigenvalue weighted by Crippen LogP contribution is 2.41. The van der Waals surface area contributed by atoms with Gasteiger partial charge in [0.15, 0.2) is 0 Å². The highest BCUT2D eigenvalue weighted by Gasteiger charge is 2.21. The van der Waals surface area contributed by atoms with E-state index < -0.39 is 0 Å². The van der Waals surface area contributed by atoms with Gasteiger partial charge < -0.3 is 5.32 Å². The molecule has 33 heavy (non-hydrogen) atoms. The van der Waals surface area contributed by atoms with Gasteiger partial charge in [0, 0.05) is 45.4 Å². The minimum Gasteiger partial charge on any atom is -0.352 e. The van der Waals surface area contributed by atoms with Crippen LogP contribution in [0.1, 0.15) is 27.0 Å². The second-order valence-electron chi connectivity index (χ2n) is 7.59. The monoisotopic (exact) mass is 453 g/mol. The molecule has 1 aliphatic heterocycles. The molecule has 0 unspecified atom stereocenters. The molecule has 0 aliphatic carbocycles. The van der Waals surface area contributed by atoms with E-state index >= 15 is 0 Å². The lowest BCUT2D eigenvalue weighted by molar-refractivity contribution is 0.0954. The normalized spacial score (nSPS) is 12.2. The van der Waals surface area contributed by atoms with Crippen molar-refractivity contribution < 1.29 is 9.18 Å². The number of pyridine rings is 1. The summed E-state index contributed by atoms with van der Waals surface area (Å²) in [5, 5.41) is 2.96. The molecule has 1 amide bonds. The largest absolute Gasteiger partial charge is 0.352 e. The van der Waals surface area contributed by atoms with Crippen LogP contribution >= 0.6 is 11.8 Å². The number of aliphatic imine (C=N–C) groups is 1. The number of benzene rings is 3. The van der Waals surface area contributed by atoms with Crippen molar-refractivity contribution in [3.05, 3.63) is 119 Å². The molecule has 1 N–H and O–H groups in total. The third-order valence-electron chi connectivity index (χ3n) is 5.37. The maximum Gasteiger partial charge on any atom is 0.251 e. The molecule has 4 nitrogen and oxygen atoms in total. The van der Waals surface area contributed by atoms with Gasteiger partial charge in [-0.15, -0.1) is 0 Å². The molecule has 0 spiro atoms. The quantitative estimate of drug-likeness (QED) is 0.364. The first-order valence-electron chi connectivity index (χ1n) is 10.6. The summed E-state index contributed by atoms with van der Waals surface area (Å²) in [7, 11) is 0. The molecule has 5 rings (SSSR count). The minimum absolute atomic E-state index is 0.170. The Kier molecular flexibility index (Phi) is 6.00. The van der Waals surface area contributed by atoms with Crippen LogP contribution in [0.15, 0.2) is 106 Å². The molecular formula is C27H20FN3OS. The zero-order valence-corrected chi connectivity index (χ0v) is 18.5. The van der Waals surface area contributed by atoms with E-state index in [1.807, 2.05) is 42.5 Å². The fraction of sp³-hybridized carbons (Fsp3) is 0.0741. The second-order valence-corrected chi connectivity index (χ2v) is 8.67. The van der Waals surface area contributed by atoms with Crippen LogP contribution in [-0.4, -0.2) is 23.1 Å². The number of halogens is 1. The maximum absolute atomic E-state index is 14.7. The van der Waals surface area contributed by atoms with Gasteiger partial charge in [0.05, 0.1) is 11.4 Å². The zero-order valence-electron chi connectivity index (χ0n) is 17.7. The van der Waals surface area contributed by atoms with E-state index in [1.54, 1.807) is 54.5 Å². The molecule has 0 saturated heterocycles. The number of aromatic nitrogens is 1. The molecule has 3 aromatic carbocycles. The Balaban J connectivity index is 1.46. The molecule has 1 aliphatic rings. The number of nitrogens with one attached hydrogen (secondary N) is 1. The van der Waals surface area contributed by atoms with Crippen molar-refractivity contribution in [1.29, 1.82) is 0 Å². The van der Waals surface area contributed by atoms with Gasteiger partial charge in [-0.1, -0.05) is 48.2 Å². The topological polar surface area (TPSA) is 54.4 Å². The average molecular weight is 454 g/mol. The highest BCUT2D eigenvalue weighted by molar-refractivity contribution is 7.99. The van der Waals surface area contributed by atoms with Crippen LogP contribution in [0.4, 0.5) is 10.1 Å². The Morgan fingerprint density at radius 3 is 2.55 bits per heavy atom. The first-order chi connectivity index (χ1) is 16.2. The number of hydrogen-bond donors (Lipinski definition) is 1. The molecule has 1 aromatic heterocycles. The van der Waals surface area contributed by atoms with Gasteiger partial charge in [-0.3, -0.25) is 9.78 Å². The molecule has 6 heteroatoms. The van der Waals surface area contributed by atoms with Crippen LogP contribution in [0.25, 0.3) is 0 Å². The SMILES string of the molecule is O=C(NCCc1cccnc1)c1ccc2c(c1)N=C(c1ccccc1F)c1ccccc1S2. The summed E-state index contributed by atoms with van der Waals surface area (Å²) in [5.74, 6) is -0.500. The number of nitrogens with zero attached hydrogens (tertiary/aromatic N) is 2. The second kappa shape index (κ2) is 9.38. The van der Waals surface area contributed by atoms with E-state index in [2.05, 4.69) is 10.3 Å². The van der Waals surface area contributed by atoms with E-state index in [0.717, 1.165) is 20.9 Å². The summed E-state index contributed by atoms with van der Waals surface area (Å²) in [6.45, 7) is 0.506. The van der Waals surface area contributed by atoms with E-state index in [9.17, 15) is 9.18 Å². The molecule has 0 fully saturated rings. The third-order valence-corrected chi connectivity index (χ3v) is 6.51. The Bertz CT molecular complexity index is 1350. The molecule has 0 radical (unpaired) electrons. The van der Waals surface area contributed by atoms with Crippen LogP contribution < -0.4 is 5.32 Å². The van der Waals surface area contributed by atoms with Crippen LogP contribution in [0.2, 0.25) is 0 Å². The van der Waals surface area contributed by atoms with Crippen LogP contribution in [-0.2, 0) is 6.42 Å². The van der Waals surface area contributed by atoms with Crippen molar-refractivity contribution in [2.45, 2.75) is 16.2 Å². The zero-order chi connectivity index (χ0) is 22.6. The molecule has 0 saturated carbocycles. The molecule has 0 bridgehead atoms. The summed E-state index contributed by atoms with van der Waals surface area (Å²) >= 11 is 1.57. The molecule has 2 heterocycles. The fourth-order valence-corrected chi connectivity index (χ4v) is 4.71. The number of carbonyl (C=O) groups excluding carboxylic acids is 1. The van der Waals surface area contributed by atoms with E-state index in [4.69, 9.17) is 4.99 Å². The number of carbonyl (C=O) groups is 1. The van der Waals surface area contributed by atoms with Crippen LogP contribution in [0.5, 0.6) is 0 Å². The number of rotatable bonds is 5. The lowest BCUT2D eigenvalue weighted by atomic mass is 10.0. The molecule has 0 atom stereocenters. The summed E-state index contributed by atoms with van der Waals surface area (Å²) in [6, 6.07) is 23.8. The van der Waals surface area contributed by atoms with Gasteiger partial charge in [-0.2, -0.15) is 0 Å². The van der Waals surface area contributed by atoms with Crippen molar-refractivity contribution in [1.82, 2.24) is 10.3 Å². The molecule has 162 valence electrons. The Morgan fingerprint density at radius 1 is 0.909 bits per heavy atom. The van der Waals surface area contributed by atoms with Crippen LogP contribution in [0.3, 0.4) is 0 Å². The Hall–Kier alpha value is -3.77. The predicted molar refractivity (Wildman–Crippen MR) is 129 cm³/mol. The minimum atomic E-state index is -0.330.